The third kappa shape index (κ3) is 4.83. The topological polar surface area (TPSA) is 68.2 Å². The van der Waals surface area contributed by atoms with Crippen molar-refractivity contribution in [2.45, 2.75) is 6.92 Å². The maximum Gasteiger partial charge on any atom is 0.343 e. The number of anilines is 1. The predicted octanol–water partition coefficient (Wildman–Crippen LogP) is 4.95. The van der Waals surface area contributed by atoms with Crippen molar-refractivity contribution in [2.75, 3.05) is 18.7 Å². The number of amides is 1. The molecule has 6 nitrogen and oxygen atoms in total. The van der Waals surface area contributed by atoms with Gasteiger partial charge in [-0.15, -0.1) is 0 Å². The monoisotopic (exact) mass is 692 g/mol. The van der Waals surface area contributed by atoms with Crippen molar-refractivity contribution in [3.8, 4) is 5.75 Å². The largest absolute Gasteiger partial charge is 0.480 e. The molecule has 174 valence electrons. The zero-order valence-corrected chi connectivity index (χ0v) is 20.9. The number of carbonyl (C=O) groups excluding carboxylic acids is 2. The number of ether oxygens (including phenoxy) is 2. The Labute approximate surface area is 210 Å². The molecule has 1 aliphatic rings. The molecule has 13 heteroatoms. The Kier molecular flexibility index (Phi) is 7.60. The van der Waals surface area contributed by atoms with Gasteiger partial charge < -0.3 is 9.47 Å². The molecule has 33 heavy (non-hydrogen) atoms. The van der Waals surface area contributed by atoms with Gasteiger partial charge in [-0.25, -0.2) is 26.7 Å². The number of halogens is 7. The number of hydrazone groups is 1. The third-order valence-electron chi connectivity index (χ3n) is 4.35. The molecule has 0 fully saturated rings. The fraction of sp³-hybridized carbons (Fsp3) is 0.150. The van der Waals surface area contributed by atoms with Crippen LogP contribution in [0.25, 0.3) is 6.08 Å². The van der Waals surface area contributed by atoms with Crippen LogP contribution >= 0.6 is 45.2 Å². The number of rotatable bonds is 5. The lowest BCUT2D eigenvalue weighted by molar-refractivity contribution is -0.142. The van der Waals surface area contributed by atoms with Gasteiger partial charge in [0.05, 0.1) is 25.5 Å². The maximum absolute atomic E-state index is 14.2. The Morgan fingerprint density at radius 3 is 2.06 bits per heavy atom. The van der Waals surface area contributed by atoms with Gasteiger partial charge in [0, 0.05) is 0 Å². The highest BCUT2D eigenvalue weighted by atomic mass is 127. The summed E-state index contributed by atoms with van der Waals surface area (Å²) < 4.78 is 79.9. The van der Waals surface area contributed by atoms with Crippen LogP contribution in [0.5, 0.6) is 5.75 Å². The molecule has 0 radical (unpaired) electrons. The van der Waals surface area contributed by atoms with Crippen LogP contribution in [0.15, 0.2) is 22.8 Å². The normalized spacial score (nSPS) is 14.7. The van der Waals surface area contributed by atoms with Gasteiger partial charge in [-0.3, -0.25) is 4.79 Å². The number of methoxy groups -OCH3 is 1. The van der Waals surface area contributed by atoms with Gasteiger partial charge in [-0.05, 0) is 75.9 Å². The lowest BCUT2D eigenvalue weighted by Crippen LogP contribution is -2.25. The highest BCUT2D eigenvalue weighted by molar-refractivity contribution is 14.1. The van der Waals surface area contributed by atoms with Gasteiger partial charge in [0.15, 0.2) is 29.9 Å². The van der Waals surface area contributed by atoms with Crippen molar-refractivity contribution >= 4 is 74.5 Å². The van der Waals surface area contributed by atoms with Crippen molar-refractivity contribution in [1.82, 2.24) is 0 Å². The molecule has 2 aromatic carbocycles. The first-order chi connectivity index (χ1) is 15.5. The first-order valence-corrected chi connectivity index (χ1v) is 11.0. The fourth-order valence-electron chi connectivity index (χ4n) is 2.77. The quantitative estimate of drug-likeness (QED) is 0.111. The molecule has 1 heterocycles. The van der Waals surface area contributed by atoms with E-state index in [9.17, 15) is 31.5 Å². The highest BCUT2D eigenvalue weighted by Crippen LogP contribution is 2.35. The zero-order chi connectivity index (χ0) is 24.6. The molecular formula is C20H11F5I2N2O4. The molecule has 0 unspecified atom stereocenters. The summed E-state index contributed by atoms with van der Waals surface area (Å²) in [6, 6.07) is 3.20. The smallest absolute Gasteiger partial charge is 0.343 e. The Morgan fingerprint density at radius 2 is 1.55 bits per heavy atom. The van der Waals surface area contributed by atoms with E-state index < -0.39 is 46.6 Å². The Balaban J connectivity index is 1.98. The van der Waals surface area contributed by atoms with E-state index in [-0.39, 0.29) is 22.9 Å². The van der Waals surface area contributed by atoms with E-state index in [0.29, 0.717) is 18.5 Å². The number of carbonyl (C=O) groups is 2. The lowest BCUT2D eigenvalue weighted by atomic mass is 10.1. The third-order valence-corrected chi connectivity index (χ3v) is 5.96. The van der Waals surface area contributed by atoms with Gasteiger partial charge in [0.1, 0.15) is 11.4 Å². The molecule has 3 rings (SSSR count). The molecule has 0 bridgehead atoms. The maximum atomic E-state index is 14.2. The molecule has 0 aliphatic carbocycles. The van der Waals surface area contributed by atoms with Crippen molar-refractivity contribution in [2.24, 2.45) is 5.10 Å². The number of nitrogens with zero attached hydrogens (tertiary/aromatic N) is 2. The van der Waals surface area contributed by atoms with E-state index >= 15 is 0 Å². The van der Waals surface area contributed by atoms with Crippen molar-refractivity contribution in [3.05, 3.63) is 59.5 Å². The molecule has 0 spiro atoms. The van der Waals surface area contributed by atoms with Crippen LogP contribution in [-0.2, 0) is 14.3 Å². The van der Waals surface area contributed by atoms with Gasteiger partial charge in [0.2, 0.25) is 5.82 Å². The van der Waals surface area contributed by atoms with E-state index in [1.165, 1.54) is 20.1 Å². The summed E-state index contributed by atoms with van der Waals surface area (Å²) in [5.41, 5.74) is -1.12. The van der Waals surface area contributed by atoms with E-state index in [0.717, 1.165) is 0 Å². The number of hydrogen-bond donors (Lipinski definition) is 0. The molecule has 0 saturated carbocycles. The second kappa shape index (κ2) is 9.90. The summed E-state index contributed by atoms with van der Waals surface area (Å²) in [5.74, 6) is -12.3. The SMILES string of the molecule is COC(=O)COc1c(I)cc(/C=C2/C(=O)N(c3c(F)c(F)c(F)c(F)c3F)N=C2C)cc1I. The molecule has 1 aliphatic heterocycles. The first-order valence-electron chi connectivity index (χ1n) is 8.79. The van der Waals surface area contributed by atoms with Crippen LogP contribution in [0.4, 0.5) is 27.6 Å². The molecular weight excluding hydrogens is 681 g/mol. The second-order valence-electron chi connectivity index (χ2n) is 6.46. The van der Waals surface area contributed by atoms with Crippen LogP contribution in [0.2, 0.25) is 0 Å². The van der Waals surface area contributed by atoms with Crippen molar-refractivity contribution in [3.63, 3.8) is 0 Å². The molecule has 0 atom stereocenters. The lowest BCUT2D eigenvalue weighted by Gasteiger charge is -2.15. The summed E-state index contributed by atoms with van der Waals surface area (Å²) in [7, 11) is 1.22. The molecule has 1 amide bonds. The van der Waals surface area contributed by atoms with E-state index in [4.69, 9.17) is 4.74 Å². The summed E-state index contributed by atoms with van der Waals surface area (Å²) in [4.78, 5) is 24.1. The van der Waals surface area contributed by atoms with Gasteiger partial charge in [0.25, 0.3) is 5.91 Å². The standard InChI is InChI=1S/C20H11F5I2N2O4/c1-7-9(3-8-4-10(26)19(11(27)5-8)33-6-12(30)32-2)20(31)29(28-7)18-16(24)14(22)13(21)15(23)17(18)25/h3-5H,6H2,1-2H3/b9-3+. The average Bonchev–Trinajstić information content (AvgIpc) is 3.03. The van der Waals surface area contributed by atoms with Crippen LogP contribution in [0, 0.1) is 36.2 Å². The second-order valence-corrected chi connectivity index (χ2v) is 8.78. The first kappa shape index (κ1) is 25.3. The van der Waals surface area contributed by atoms with Crippen LogP contribution < -0.4 is 9.75 Å². The summed E-state index contributed by atoms with van der Waals surface area (Å²) >= 11 is 3.89. The minimum absolute atomic E-state index is 0.0000227. The fourth-order valence-corrected chi connectivity index (χ4v) is 4.90. The highest BCUT2D eigenvalue weighted by Gasteiger charge is 2.37. The average molecular weight is 692 g/mol. The Bertz CT molecular complexity index is 1200. The van der Waals surface area contributed by atoms with E-state index in [1.807, 2.05) is 45.2 Å². The van der Waals surface area contributed by atoms with Crippen LogP contribution in [-0.4, -0.2) is 31.3 Å². The molecule has 0 saturated heterocycles. The zero-order valence-electron chi connectivity index (χ0n) is 16.6. The van der Waals surface area contributed by atoms with Crippen LogP contribution in [0.3, 0.4) is 0 Å². The summed E-state index contributed by atoms with van der Waals surface area (Å²) in [5, 5.41) is 3.83. The van der Waals surface area contributed by atoms with Crippen LogP contribution in [0.1, 0.15) is 12.5 Å². The number of hydrogen-bond acceptors (Lipinski definition) is 5. The Hall–Kier alpha value is -2.30. The van der Waals surface area contributed by atoms with Gasteiger partial charge in [-0.2, -0.15) is 10.1 Å². The summed E-state index contributed by atoms with van der Waals surface area (Å²) in [6.45, 7) is 1.03. The molecule has 0 N–H and O–H groups in total. The number of benzene rings is 2. The van der Waals surface area contributed by atoms with Gasteiger partial charge in [-0.1, -0.05) is 0 Å². The summed E-state index contributed by atoms with van der Waals surface area (Å²) in [6.07, 6.45) is 1.35. The van der Waals surface area contributed by atoms with Crippen molar-refractivity contribution in [1.29, 1.82) is 0 Å². The van der Waals surface area contributed by atoms with E-state index in [1.54, 1.807) is 12.1 Å². The minimum atomic E-state index is -2.34. The molecule has 2 aromatic rings. The van der Waals surface area contributed by atoms with Gasteiger partial charge >= 0.3 is 5.97 Å². The van der Waals surface area contributed by atoms with E-state index in [2.05, 4.69) is 9.84 Å². The van der Waals surface area contributed by atoms with Crippen molar-refractivity contribution < 1.29 is 41.0 Å². The minimum Gasteiger partial charge on any atom is -0.480 e. The Morgan fingerprint density at radius 1 is 1.03 bits per heavy atom. The molecule has 0 aromatic heterocycles. The number of esters is 1. The predicted molar refractivity (Wildman–Crippen MR) is 124 cm³/mol.